The Morgan fingerprint density at radius 2 is 2.42 bits per heavy atom. The minimum Gasteiger partial charge on any atom is -0.502 e. The van der Waals surface area contributed by atoms with Crippen LogP contribution in [0.1, 0.15) is 10.4 Å². The SMILES string of the molecule is COc1c(O)c2cc(C=O)c1o2. The van der Waals surface area contributed by atoms with Crippen molar-refractivity contribution < 1.29 is 19.1 Å². The van der Waals surface area contributed by atoms with E-state index in [1.165, 1.54) is 13.2 Å². The second kappa shape index (κ2) is 2.14. The molecule has 2 aromatic heterocycles. The predicted molar refractivity (Wildman–Crippen MR) is 41.0 cm³/mol. The van der Waals surface area contributed by atoms with E-state index < -0.39 is 0 Å². The van der Waals surface area contributed by atoms with Gasteiger partial charge in [0.15, 0.2) is 17.5 Å². The third-order valence-corrected chi connectivity index (χ3v) is 1.75. The number of carbonyl (C=O) groups excluding carboxylic acids is 1. The highest BCUT2D eigenvalue weighted by Gasteiger charge is 2.20. The molecule has 0 fully saturated rings. The summed E-state index contributed by atoms with van der Waals surface area (Å²) in [5, 5.41) is 9.30. The van der Waals surface area contributed by atoms with Crippen molar-refractivity contribution in [2.24, 2.45) is 0 Å². The van der Waals surface area contributed by atoms with E-state index >= 15 is 0 Å². The lowest BCUT2D eigenvalue weighted by Gasteiger charge is -1.96. The fraction of sp³-hybridized carbons (Fsp3) is 0.125. The van der Waals surface area contributed by atoms with Crippen LogP contribution < -0.4 is 4.74 Å². The quantitative estimate of drug-likeness (QED) is 0.685. The summed E-state index contributed by atoms with van der Waals surface area (Å²) in [4.78, 5) is 10.4. The summed E-state index contributed by atoms with van der Waals surface area (Å²) >= 11 is 0. The van der Waals surface area contributed by atoms with Gasteiger partial charge in [0.1, 0.15) is 0 Å². The highest BCUT2D eigenvalue weighted by atomic mass is 16.5. The number of hydrogen-bond acceptors (Lipinski definition) is 4. The second-order valence-corrected chi connectivity index (χ2v) is 2.39. The molecule has 0 unspecified atom stereocenters. The van der Waals surface area contributed by atoms with Crippen LogP contribution in [0.5, 0.6) is 11.5 Å². The number of furan rings is 2. The first-order valence-corrected chi connectivity index (χ1v) is 3.35. The van der Waals surface area contributed by atoms with Crippen LogP contribution in [0.3, 0.4) is 0 Å². The van der Waals surface area contributed by atoms with Gasteiger partial charge < -0.3 is 14.3 Å². The lowest BCUT2D eigenvalue weighted by atomic mass is 10.2. The number of aromatic hydroxyl groups is 1. The van der Waals surface area contributed by atoms with Gasteiger partial charge >= 0.3 is 0 Å². The molecule has 0 amide bonds. The van der Waals surface area contributed by atoms with E-state index in [0.29, 0.717) is 17.4 Å². The van der Waals surface area contributed by atoms with Gasteiger partial charge in [-0.15, -0.1) is 0 Å². The summed E-state index contributed by atoms with van der Waals surface area (Å²) in [5.41, 5.74) is 0.989. The smallest absolute Gasteiger partial charge is 0.208 e. The molecule has 2 bridgehead atoms. The van der Waals surface area contributed by atoms with Crippen molar-refractivity contribution in [3.63, 3.8) is 0 Å². The Balaban J connectivity index is 2.77. The van der Waals surface area contributed by atoms with Crippen LogP contribution in [0.4, 0.5) is 0 Å². The van der Waals surface area contributed by atoms with E-state index in [9.17, 15) is 9.90 Å². The third-order valence-electron chi connectivity index (χ3n) is 1.75. The maximum Gasteiger partial charge on any atom is 0.208 e. The zero-order valence-electron chi connectivity index (χ0n) is 6.33. The number of benzene rings is 1. The van der Waals surface area contributed by atoms with Crippen molar-refractivity contribution in [1.29, 1.82) is 0 Å². The first-order chi connectivity index (χ1) is 5.77. The molecule has 0 aliphatic carbocycles. The molecular weight excluding hydrogens is 160 g/mol. The zero-order valence-corrected chi connectivity index (χ0v) is 6.33. The number of fused-ring (bicyclic) bond motifs is 2. The Morgan fingerprint density at radius 3 is 2.92 bits per heavy atom. The molecule has 0 radical (unpaired) electrons. The molecule has 0 atom stereocenters. The van der Waals surface area contributed by atoms with Crippen LogP contribution in [-0.2, 0) is 0 Å². The Bertz CT molecular complexity index is 415. The molecule has 1 N–H and O–H groups in total. The van der Waals surface area contributed by atoms with E-state index in [1.807, 2.05) is 0 Å². The van der Waals surface area contributed by atoms with Gasteiger partial charge in [0, 0.05) is 0 Å². The molecule has 0 aromatic carbocycles. The Kier molecular flexibility index (Phi) is 1.24. The molecule has 2 rings (SSSR count). The number of methoxy groups -OCH3 is 1. The van der Waals surface area contributed by atoms with Gasteiger partial charge in [0.2, 0.25) is 11.5 Å². The number of phenolic OH excluding ortho intramolecular Hbond substituents is 1. The molecule has 2 aromatic rings. The molecule has 0 saturated heterocycles. The summed E-state index contributed by atoms with van der Waals surface area (Å²) in [6.45, 7) is 0. The largest absolute Gasteiger partial charge is 0.502 e. The fourth-order valence-electron chi connectivity index (χ4n) is 1.20. The molecule has 0 saturated carbocycles. The average molecular weight is 166 g/mol. The molecule has 62 valence electrons. The highest BCUT2D eigenvalue weighted by molar-refractivity contribution is 5.96. The van der Waals surface area contributed by atoms with Crippen LogP contribution in [0, 0.1) is 0 Å². The van der Waals surface area contributed by atoms with E-state index in [4.69, 9.17) is 9.15 Å². The minimum atomic E-state index is -0.0434. The molecule has 2 heterocycles. The number of rotatable bonds is 2. The fourth-order valence-corrected chi connectivity index (χ4v) is 1.20. The first-order valence-electron chi connectivity index (χ1n) is 3.35. The van der Waals surface area contributed by atoms with Crippen LogP contribution in [0.2, 0.25) is 0 Å². The summed E-state index contributed by atoms with van der Waals surface area (Å²) in [6, 6.07) is 1.47. The highest BCUT2D eigenvalue weighted by Crippen LogP contribution is 2.42. The number of aldehydes is 1. The molecule has 0 aliphatic rings. The van der Waals surface area contributed by atoms with Crippen molar-refractivity contribution in [3.05, 3.63) is 11.6 Å². The van der Waals surface area contributed by atoms with Crippen molar-refractivity contribution >= 4 is 17.5 Å². The van der Waals surface area contributed by atoms with Crippen LogP contribution in [0.25, 0.3) is 11.2 Å². The van der Waals surface area contributed by atoms with E-state index in [2.05, 4.69) is 0 Å². The standard InChI is InChI=1S/C8H6O4/c1-11-8-6(10)5-2-4(3-9)7(8)12-5/h2-3,10H,1H3. The van der Waals surface area contributed by atoms with Crippen molar-refractivity contribution in [2.45, 2.75) is 0 Å². The number of hydrogen-bond donors (Lipinski definition) is 1. The lowest BCUT2D eigenvalue weighted by molar-refractivity contribution is 0.112. The van der Waals surface area contributed by atoms with Gasteiger partial charge in [-0.25, -0.2) is 0 Å². The van der Waals surface area contributed by atoms with Crippen molar-refractivity contribution in [3.8, 4) is 11.5 Å². The second-order valence-electron chi connectivity index (χ2n) is 2.39. The summed E-state index contributed by atoms with van der Waals surface area (Å²) in [6.07, 6.45) is 0.661. The molecule has 0 spiro atoms. The topological polar surface area (TPSA) is 59.7 Å². The molecule has 12 heavy (non-hydrogen) atoms. The molecule has 0 aliphatic heterocycles. The molecular formula is C8H6O4. The van der Waals surface area contributed by atoms with Crippen LogP contribution in [-0.4, -0.2) is 18.5 Å². The van der Waals surface area contributed by atoms with Crippen LogP contribution >= 0.6 is 0 Å². The van der Waals surface area contributed by atoms with Gasteiger partial charge in [-0.3, -0.25) is 4.79 Å². The van der Waals surface area contributed by atoms with Gasteiger partial charge in [0.05, 0.1) is 12.7 Å². The predicted octanol–water partition coefficient (Wildman–Crippen LogP) is 1.40. The maximum absolute atomic E-state index is 10.4. The first kappa shape index (κ1) is 6.97. The number of ether oxygens (including phenoxy) is 1. The average Bonchev–Trinajstić information content (AvgIpc) is 2.61. The summed E-state index contributed by atoms with van der Waals surface area (Å²) in [7, 11) is 1.41. The maximum atomic E-state index is 10.4. The lowest BCUT2D eigenvalue weighted by Crippen LogP contribution is -1.84. The van der Waals surface area contributed by atoms with Crippen molar-refractivity contribution in [2.75, 3.05) is 7.11 Å². The Morgan fingerprint density at radius 1 is 1.67 bits per heavy atom. The van der Waals surface area contributed by atoms with Gasteiger partial charge in [0.25, 0.3) is 0 Å². The summed E-state index contributed by atoms with van der Waals surface area (Å²) < 4.78 is 9.89. The van der Waals surface area contributed by atoms with E-state index in [0.717, 1.165) is 0 Å². The van der Waals surface area contributed by atoms with Gasteiger partial charge in [-0.2, -0.15) is 0 Å². The van der Waals surface area contributed by atoms with E-state index in [-0.39, 0.29) is 17.1 Å². The van der Waals surface area contributed by atoms with Crippen LogP contribution in [0.15, 0.2) is 10.5 Å². The van der Waals surface area contributed by atoms with Gasteiger partial charge in [-0.05, 0) is 6.07 Å². The summed E-state index contributed by atoms with van der Waals surface area (Å²) in [5.74, 6) is 0.188. The zero-order chi connectivity index (χ0) is 8.72. The number of carbonyl (C=O) groups is 1. The Labute approximate surface area is 67.7 Å². The molecule has 4 heteroatoms. The Hall–Kier alpha value is -1.71. The third kappa shape index (κ3) is 0.637. The number of phenols is 1. The van der Waals surface area contributed by atoms with Crippen molar-refractivity contribution in [1.82, 2.24) is 0 Å². The minimum absolute atomic E-state index is 0.0434. The molecule has 4 nitrogen and oxygen atoms in total. The monoisotopic (exact) mass is 166 g/mol. The van der Waals surface area contributed by atoms with Gasteiger partial charge in [-0.1, -0.05) is 0 Å². The van der Waals surface area contributed by atoms with E-state index in [1.54, 1.807) is 0 Å². The normalized spacial score (nSPS) is 10.8.